The van der Waals surface area contributed by atoms with Crippen LogP contribution < -0.4 is 5.32 Å². The van der Waals surface area contributed by atoms with Crippen molar-refractivity contribution in [1.82, 2.24) is 19.9 Å². The second-order valence-corrected chi connectivity index (χ2v) is 6.19. The molecule has 2 heterocycles. The molecule has 1 saturated carbocycles. The maximum absolute atomic E-state index is 9.19. The third kappa shape index (κ3) is 4.62. The lowest BCUT2D eigenvalue weighted by Crippen LogP contribution is -2.40. The van der Waals surface area contributed by atoms with Gasteiger partial charge in [-0.05, 0) is 12.8 Å². The molecular formula is C11H17N5O4S. The lowest BCUT2D eigenvalue weighted by atomic mass is 9.89. The number of aromatic amines is 1. The highest BCUT2D eigenvalue weighted by Crippen LogP contribution is 2.27. The van der Waals surface area contributed by atoms with Crippen molar-refractivity contribution in [2.75, 3.05) is 18.7 Å². The van der Waals surface area contributed by atoms with Crippen molar-refractivity contribution in [3.8, 4) is 0 Å². The number of hydrogen-bond donors (Lipinski definition) is 3. The summed E-state index contributed by atoms with van der Waals surface area (Å²) in [5, 5.41) is 3.37. The molecule has 2 aromatic rings. The van der Waals surface area contributed by atoms with E-state index in [1.807, 2.05) is 0 Å². The van der Waals surface area contributed by atoms with Crippen LogP contribution in [-0.2, 0) is 14.9 Å². The van der Waals surface area contributed by atoms with Gasteiger partial charge in [0.1, 0.15) is 11.8 Å². The van der Waals surface area contributed by atoms with E-state index in [0.717, 1.165) is 24.2 Å². The van der Waals surface area contributed by atoms with E-state index in [0.29, 0.717) is 24.0 Å². The highest BCUT2D eigenvalue weighted by Gasteiger charge is 2.29. The SMILES string of the molecule is COC1CC(Nc2ncnc3nc[nH]c23)C1.CS(=O)(=O)O. The average molecular weight is 315 g/mol. The van der Waals surface area contributed by atoms with E-state index in [1.165, 1.54) is 6.33 Å². The van der Waals surface area contributed by atoms with E-state index in [4.69, 9.17) is 9.29 Å². The van der Waals surface area contributed by atoms with Crippen LogP contribution in [0.15, 0.2) is 12.7 Å². The fourth-order valence-corrected chi connectivity index (χ4v) is 1.94. The van der Waals surface area contributed by atoms with Crippen LogP contribution in [-0.4, -0.2) is 58.4 Å². The van der Waals surface area contributed by atoms with Crippen LogP contribution in [0.5, 0.6) is 0 Å². The summed E-state index contributed by atoms with van der Waals surface area (Å²) in [5.41, 5.74) is 1.56. The van der Waals surface area contributed by atoms with Crippen LogP contribution in [0.2, 0.25) is 0 Å². The normalized spacial score (nSPS) is 21.3. The molecule has 0 atom stereocenters. The Morgan fingerprint density at radius 2 is 2.05 bits per heavy atom. The minimum atomic E-state index is -3.67. The van der Waals surface area contributed by atoms with Gasteiger partial charge in [0.2, 0.25) is 0 Å². The number of ether oxygens (including phenoxy) is 1. The van der Waals surface area contributed by atoms with Crippen molar-refractivity contribution < 1.29 is 17.7 Å². The van der Waals surface area contributed by atoms with Crippen LogP contribution in [0.3, 0.4) is 0 Å². The van der Waals surface area contributed by atoms with Crippen LogP contribution in [0, 0.1) is 0 Å². The summed E-state index contributed by atoms with van der Waals surface area (Å²) >= 11 is 0. The summed E-state index contributed by atoms with van der Waals surface area (Å²) < 4.78 is 31.1. The summed E-state index contributed by atoms with van der Waals surface area (Å²) in [6.45, 7) is 0. The zero-order valence-electron chi connectivity index (χ0n) is 11.6. The van der Waals surface area contributed by atoms with Gasteiger partial charge < -0.3 is 15.0 Å². The fourth-order valence-electron chi connectivity index (χ4n) is 1.94. The molecule has 10 heteroatoms. The second kappa shape index (κ2) is 6.33. The number of aromatic nitrogens is 4. The number of nitrogens with one attached hydrogen (secondary N) is 2. The predicted octanol–water partition coefficient (Wildman–Crippen LogP) is 0.446. The first-order valence-electron chi connectivity index (χ1n) is 6.22. The molecule has 0 amide bonds. The van der Waals surface area contributed by atoms with E-state index in [1.54, 1.807) is 13.4 Å². The van der Waals surface area contributed by atoms with Crippen molar-refractivity contribution in [2.45, 2.75) is 25.0 Å². The van der Waals surface area contributed by atoms with E-state index < -0.39 is 10.1 Å². The Kier molecular flexibility index (Phi) is 4.70. The number of H-pyrrole nitrogens is 1. The highest BCUT2D eigenvalue weighted by molar-refractivity contribution is 7.85. The van der Waals surface area contributed by atoms with Crippen molar-refractivity contribution in [3.63, 3.8) is 0 Å². The first-order valence-corrected chi connectivity index (χ1v) is 8.07. The van der Waals surface area contributed by atoms with E-state index in [9.17, 15) is 8.42 Å². The number of anilines is 1. The van der Waals surface area contributed by atoms with Gasteiger partial charge >= 0.3 is 0 Å². The lowest BCUT2D eigenvalue weighted by molar-refractivity contribution is 0.0328. The molecule has 0 radical (unpaired) electrons. The van der Waals surface area contributed by atoms with Crippen molar-refractivity contribution in [2.24, 2.45) is 0 Å². The van der Waals surface area contributed by atoms with Gasteiger partial charge in [-0.25, -0.2) is 15.0 Å². The molecule has 1 aliphatic carbocycles. The molecule has 3 N–H and O–H groups in total. The van der Waals surface area contributed by atoms with Crippen molar-refractivity contribution in [3.05, 3.63) is 12.7 Å². The third-order valence-electron chi connectivity index (χ3n) is 2.99. The van der Waals surface area contributed by atoms with Gasteiger partial charge in [0.25, 0.3) is 10.1 Å². The molecule has 0 saturated heterocycles. The van der Waals surface area contributed by atoms with Crippen molar-refractivity contribution >= 4 is 27.1 Å². The van der Waals surface area contributed by atoms with Gasteiger partial charge in [-0.2, -0.15) is 8.42 Å². The Labute approximate surface area is 121 Å². The van der Waals surface area contributed by atoms with E-state index >= 15 is 0 Å². The largest absolute Gasteiger partial charge is 0.381 e. The molecule has 1 aliphatic rings. The molecule has 3 rings (SSSR count). The number of hydrogen-bond acceptors (Lipinski definition) is 7. The molecule has 0 aliphatic heterocycles. The van der Waals surface area contributed by atoms with Crippen LogP contribution in [0.1, 0.15) is 12.8 Å². The molecule has 0 spiro atoms. The summed E-state index contributed by atoms with van der Waals surface area (Å²) in [6, 6.07) is 0.436. The van der Waals surface area contributed by atoms with Gasteiger partial charge in [-0.3, -0.25) is 4.55 Å². The Bertz CT molecular complexity index is 687. The molecule has 0 unspecified atom stereocenters. The molecule has 0 aromatic carbocycles. The number of rotatable bonds is 3. The summed E-state index contributed by atoms with van der Waals surface area (Å²) in [6.07, 6.45) is 6.30. The standard InChI is InChI=1S/C10H13N5O.CH4O3S/c1-16-7-2-6(3-7)15-10-8-9(12-4-11-8)13-5-14-10;1-5(2,3)4/h4-7H,2-3H2,1H3,(H2,11,12,13,14,15);1H3,(H,2,3,4). The summed E-state index contributed by atoms with van der Waals surface area (Å²) in [5.74, 6) is 0.821. The van der Waals surface area contributed by atoms with E-state index in [-0.39, 0.29) is 0 Å². The van der Waals surface area contributed by atoms with Crippen LogP contribution >= 0.6 is 0 Å². The number of nitrogens with zero attached hydrogens (tertiary/aromatic N) is 3. The Hall–Kier alpha value is -1.78. The summed E-state index contributed by atoms with van der Waals surface area (Å²) in [4.78, 5) is 15.4. The second-order valence-electron chi connectivity index (χ2n) is 4.73. The molecule has 9 nitrogen and oxygen atoms in total. The van der Waals surface area contributed by atoms with Gasteiger partial charge in [0, 0.05) is 13.2 Å². The van der Waals surface area contributed by atoms with Crippen LogP contribution in [0.25, 0.3) is 11.2 Å². The van der Waals surface area contributed by atoms with E-state index in [2.05, 4.69) is 25.3 Å². The first kappa shape index (κ1) is 15.6. The van der Waals surface area contributed by atoms with Crippen LogP contribution in [0.4, 0.5) is 5.82 Å². The zero-order valence-corrected chi connectivity index (χ0v) is 12.5. The van der Waals surface area contributed by atoms with Gasteiger partial charge in [-0.15, -0.1) is 0 Å². The Morgan fingerprint density at radius 1 is 1.38 bits per heavy atom. The van der Waals surface area contributed by atoms with Gasteiger partial charge in [0.05, 0.1) is 18.7 Å². The quantitative estimate of drug-likeness (QED) is 0.696. The zero-order chi connectivity index (χ0) is 15.5. The van der Waals surface area contributed by atoms with Gasteiger partial charge in [0.15, 0.2) is 11.5 Å². The van der Waals surface area contributed by atoms with Crippen molar-refractivity contribution in [1.29, 1.82) is 0 Å². The van der Waals surface area contributed by atoms with Gasteiger partial charge in [-0.1, -0.05) is 0 Å². The topological polar surface area (TPSA) is 130 Å². The monoisotopic (exact) mass is 315 g/mol. The number of fused-ring (bicyclic) bond motifs is 1. The highest BCUT2D eigenvalue weighted by atomic mass is 32.2. The number of imidazole rings is 1. The Morgan fingerprint density at radius 3 is 2.67 bits per heavy atom. The maximum atomic E-state index is 9.19. The number of methoxy groups -OCH3 is 1. The smallest absolute Gasteiger partial charge is 0.261 e. The lowest BCUT2D eigenvalue weighted by Gasteiger charge is -2.34. The molecule has 116 valence electrons. The Balaban J connectivity index is 0.000000282. The minimum Gasteiger partial charge on any atom is -0.381 e. The molecule has 2 aromatic heterocycles. The first-order chi connectivity index (χ1) is 9.86. The molecule has 0 bridgehead atoms. The average Bonchev–Trinajstić information content (AvgIpc) is 2.79. The molecule has 21 heavy (non-hydrogen) atoms. The maximum Gasteiger partial charge on any atom is 0.261 e. The summed E-state index contributed by atoms with van der Waals surface area (Å²) in [7, 11) is -1.92. The molecule has 1 fully saturated rings. The minimum absolute atomic E-state index is 0.386. The molecular weight excluding hydrogens is 298 g/mol. The predicted molar refractivity (Wildman–Crippen MR) is 76.6 cm³/mol. The third-order valence-corrected chi connectivity index (χ3v) is 2.99. The fraction of sp³-hybridized carbons (Fsp3) is 0.545.